The summed E-state index contributed by atoms with van der Waals surface area (Å²) < 4.78 is 8.45. The Morgan fingerprint density at radius 2 is 1.60 bits per heavy atom. The van der Waals surface area contributed by atoms with Crippen molar-refractivity contribution in [1.29, 1.82) is 0 Å². The maximum absolute atomic E-state index is 6.33. The summed E-state index contributed by atoms with van der Waals surface area (Å²) in [6.07, 6.45) is 10.3. The summed E-state index contributed by atoms with van der Waals surface area (Å²) in [4.78, 5) is 13.5. The molecule has 0 unspecified atom stereocenters. The van der Waals surface area contributed by atoms with Gasteiger partial charge < -0.3 is 24.3 Å². The van der Waals surface area contributed by atoms with E-state index in [0.717, 1.165) is 53.2 Å². The highest BCUT2D eigenvalue weighted by Crippen LogP contribution is 2.33. The van der Waals surface area contributed by atoms with Crippen molar-refractivity contribution >= 4 is 17.0 Å². The molecule has 4 heterocycles. The zero-order valence-corrected chi connectivity index (χ0v) is 17.8. The lowest BCUT2D eigenvalue weighted by molar-refractivity contribution is 0.476. The third kappa shape index (κ3) is 3.22. The molecule has 2 aliphatic heterocycles. The molecule has 3 aromatic rings. The molecule has 0 aliphatic carbocycles. The van der Waals surface area contributed by atoms with Gasteiger partial charge in [-0.05, 0) is 26.0 Å². The highest BCUT2D eigenvalue weighted by atomic mass is 16.5. The molecule has 0 N–H and O–H groups in total. The van der Waals surface area contributed by atoms with Crippen LogP contribution < -0.4 is 14.5 Å². The van der Waals surface area contributed by atoms with Gasteiger partial charge in [0.05, 0.1) is 30.9 Å². The number of nitrogens with zero attached hydrogens (tertiary/aromatic N) is 6. The third-order valence-corrected chi connectivity index (χ3v) is 5.60. The molecule has 5 rings (SSSR count). The summed E-state index contributed by atoms with van der Waals surface area (Å²) in [5, 5.41) is 0. The van der Waals surface area contributed by atoms with Crippen molar-refractivity contribution in [2.75, 3.05) is 37.2 Å². The first-order valence-electron chi connectivity index (χ1n) is 10.1. The van der Waals surface area contributed by atoms with E-state index in [9.17, 15) is 0 Å². The average Bonchev–Trinajstić information content (AvgIpc) is 3.43. The summed E-state index contributed by atoms with van der Waals surface area (Å²) >= 11 is 0. The Bertz CT molecular complexity index is 1160. The lowest BCUT2D eigenvalue weighted by Crippen LogP contribution is -2.22. The van der Waals surface area contributed by atoms with Gasteiger partial charge in [0.1, 0.15) is 11.5 Å². The smallest absolute Gasteiger partial charge is 0.161 e. The van der Waals surface area contributed by atoms with Crippen molar-refractivity contribution in [3.8, 4) is 11.5 Å². The zero-order valence-electron chi connectivity index (χ0n) is 17.8. The Balaban J connectivity index is 1.51. The van der Waals surface area contributed by atoms with Gasteiger partial charge in [0, 0.05) is 62.4 Å². The predicted molar refractivity (Wildman–Crippen MR) is 120 cm³/mol. The molecule has 0 atom stereocenters. The fourth-order valence-corrected chi connectivity index (χ4v) is 3.84. The highest BCUT2D eigenvalue weighted by molar-refractivity contribution is 5.73. The highest BCUT2D eigenvalue weighted by Gasteiger charge is 2.19. The number of aryl methyl sites for hydroxylation is 2. The maximum atomic E-state index is 6.33. The predicted octanol–water partition coefficient (Wildman–Crippen LogP) is 4.10. The first-order valence-corrected chi connectivity index (χ1v) is 10.1. The van der Waals surface area contributed by atoms with Crippen LogP contribution in [0.4, 0.5) is 11.4 Å². The molecule has 154 valence electrons. The number of anilines is 2. The summed E-state index contributed by atoms with van der Waals surface area (Å²) in [6.45, 7) is 5.75. The van der Waals surface area contributed by atoms with Gasteiger partial charge in [-0.2, -0.15) is 0 Å². The quantitative estimate of drug-likeness (QED) is 0.654. The standard InChI is InChI=1S/C23H26N6O/c1-17-18(2)29-14-21(13-22(23(29)24-17)28-11-9-26(4)16-28)30-20-7-5-6-19(12-20)27-10-8-25(3)15-27/h5-14H,15-16H2,1-4H3. The molecule has 7 heteroatoms. The fraction of sp³-hybridized carbons (Fsp3) is 0.261. The van der Waals surface area contributed by atoms with Crippen LogP contribution in [0.3, 0.4) is 0 Å². The number of imidazole rings is 1. The summed E-state index contributed by atoms with van der Waals surface area (Å²) in [5.74, 6) is 1.59. The fourth-order valence-electron chi connectivity index (χ4n) is 3.84. The number of hydrogen-bond donors (Lipinski definition) is 0. The Morgan fingerprint density at radius 3 is 2.30 bits per heavy atom. The molecule has 2 aliphatic rings. The molecule has 30 heavy (non-hydrogen) atoms. The van der Waals surface area contributed by atoms with Crippen molar-refractivity contribution < 1.29 is 4.74 Å². The second-order valence-corrected chi connectivity index (χ2v) is 7.97. The minimum Gasteiger partial charge on any atom is -0.456 e. The maximum Gasteiger partial charge on any atom is 0.161 e. The van der Waals surface area contributed by atoms with E-state index in [1.165, 1.54) is 0 Å². The van der Waals surface area contributed by atoms with Gasteiger partial charge in [-0.25, -0.2) is 4.98 Å². The van der Waals surface area contributed by atoms with E-state index in [1.54, 1.807) is 0 Å². The van der Waals surface area contributed by atoms with Crippen LogP contribution in [0.2, 0.25) is 0 Å². The van der Waals surface area contributed by atoms with Crippen molar-refractivity contribution in [2.45, 2.75) is 13.8 Å². The van der Waals surface area contributed by atoms with Crippen LogP contribution in [0.1, 0.15) is 11.4 Å². The van der Waals surface area contributed by atoms with Crippen LogP contribution in [0, 0.1) is 13.8 Å². The van der Waals surface area contributed by atoms with Gasteiger partial charge in [0.15, 0.2) is 5.65 Å². The molecular formula is C23H26N6O. The normalized spacial score (nSPS) is 15.9. The number of fused-ring (bicyclic) bond motifs is 1. The van der Waals surface area contributed by atoms with Crippen molar-refractivity contribution in [2.24, 2.45) is 0 Å². The molecule has 2 aromatic heterocycles. The molecular weight excluding hydrogens is 376 g/mol. The Morgan fingerprint density at radius 1 is 0.867 bits per heavy atom. The van der Waals surface area contributed by atoms with Crippen LogP contribution in [0.25, 0.3) is 5.65 Å². The van der Waals surface area contributed by atoms with Crippen LogP contribution in [0.5, 0.6) is 11.5 Å². The van der Waals surface area contributed by atoms with E-state index in [1.807, 2.05) is 25.3 Å². The second-order valence-electron chi connectivity index (χ2n) is 7.97. The van der Waals surface area contributed by atoms with Gasteiger partial charge in [-0.1, -0.05) is 6.07 Å². The molecule has 0 spiro atoms. The summed E-state index contributed by atoms with van der Waals surface area (Å²) in [6, 6.07) is 10.3. The molecule has 0 amide bonds. The Kier molecular flexibility index (Phi) is 4.31. The van der Waals surface area contributed by atoms with E-state index in [0.29, 0.717) is 0 Å². The van der Waals surface area contributed by atoms with Gasteiger partial charge in [0.25, 0.3) is 0 Å². The lowest BCUT2D eigenvalue weighted by atomic mass is 10.3. The first-order chi connectivity index (χ1) is 14.5. The van der Waals surface area contributed by atoms with Gasteiger partial charge >= 0.3 is 0 Å². The topological polar surface area (TPSA) is 39.5 Å². The Hall–Kier alpha value is -3.61. The van der Waals surface area contributed by atoms with Gasteiger partial charge in [-0.15, -0.1) is 0 Å². The molecule has 7 nitrogen and oxygen atoms in total. The minimum atomic E-state index is 0.784. The van der Waals surface area contributed by atoms with Gasteiger partial charge in [0.2, 0.25) is 0 Å². The number of hydrogen-bond acceptors (Lipinski definition) is 6. The first kappa shape index (κ1) is 18.4. The number of benzene rings is 1. The van der Waals surface area contributed by atoms with E-state index < -0.39 is 0 Å². The molecule has 0 saturated heterocycles. The van der Waals surface area contributed by atoms with Crippen LogP contribution in [0.15, 0.2) is 61.3 Å². The van der Waals surface area contributed by atoms with Gasteiger partial charge in [-0.3, -0.25) is 4.40 Å². The van der Waals surface area contributed by atoms with Crippen molar-refractivity contribution in [1.82, 2.24) is 19.2 Å². The van der Waals surface area contributed by atoms with E-state index >= 15 is 0 Å². The molecule has 0 radical (unpaired) electrons. The summed E-state index contributed by atoms with van der Waals surface area (Å²) in [7, 11) is 4.12. The van der Waals surface area contributed by atoms with E-state index in [-0.39, 0.29) is 0 Å². The van der Waals surface area contributed by atoms with Crippen molar-refractivity contribution in [3.63, 3.8) is 0 Å². The number of aromatic nitrogens is 2. The monoisotopic (exact) mass is 402 g/mol. The SMILES string of the molecule is Cc1nc2c(N3C=CN(C)C3)cc(Oc3cccc(N4C=CN(C)C4)c3)cn2c1C. The third-order valence-electron chi connectivity index (χ3n) is 5.60. The van der Waals surface area contributed by atoms with Crippen molar-refractivity contribution in [3.05, 3.63) is 72.7 Å². The van der Waals surface area contributed by atoms with Crippen LogP contribution in [-0.4, -0.2) is 46.6 Å². The largest absolute Gasteiger partial charge is 0.456 e. The van der Waals surface area contributed by atoms with E-state index in [4.69, 9.17) is 9.72 Å². The zero-order chi connectivity index (χ0) is 20.8. The second kappa shape index (κ2) is 7.02. The average molecular weight is 403 g/mol. The number of pyridine rings is 1. The number of ether oxygens (including phenoxy) is 1. The summed E-state index contributed by atoms with van der Waals surface area (Å²) in [5.41, 5.74) is 5.22. The molecule has 0 fully saturated rings. The molecule has 0 bridgehead atoms. The van der Waals surface area contributed by atoms with Crippen LogP contribution in [-0.2, 0) is 0 Å². The Labute approximate surface area is 176 Å². The van der Waals surface area contributed by atoms with Crippen LogP contribution >= 0.6 is 0 Å². The minimum absolute atomic E-state index is 0.784. The molecule has 0 saturated carbocycles. The lowest BCUT2D eigenvalue weighted by Gasteiger charge is -2.21. The van der Waals surface area contributed by atoms with E-state index in [2.05, 4.69) is 88.0 Å². The molecule has 1 aromatic carbocycles. The number of rotatable bonds is 4.